The van der Waals surface area contributed by atoms with Gasteiger partial charge in [-0.3, -0.25) is 0 Å². The predicted molar refractivity (Wildman–Crippen MR) is 39.2 cm³/mol. The predicted octanol–water partition coefficient (Wildman–Crippen LogP) is 1.59. The summed E-state index contributed by atoms with van der Waals surface area (Å²) in [7, 11) is 1.70. The van der Waals surface area contributed by atoms with Gasteiger partial charge in [0.15, 0.2) is 0 Å². The van der Waals surface area contributed by atoms with Gasteiger partial charge in [-0.15, -0.1) is 0 Å². The van der Waals surface area contributed by atoms with Gasteiger partial charge in [0.2, 0.25) is 0 Å². The first-order chi connectivity index (χ1) is 4.92. The van der Waals surface area contributed by atoms with Gasteiger partial charge in [0.05, 0.1) is 7.11 Å². The molecule has 1 radical (unpaired) electrons. The van der Waals surface area contributed by atoms with Crippen molar-refractivity contribution in [2.24, 2.45) is 0 Å². The average Bonchev–Trinajstić information content (AvgIpc) is 1.91. The molecule has 2 rings (SSSR count). The Bertz CT molecular complexity index is 253. The standard InChI is InChI=1S/C9H9O/c1-10-9-4-2-3-7-5-6-8(7)9/h2-3H,5-6H2,1H3. The molecule has 1 aliphatic rings. The number of hydrogen-bond acceptors (Lipinski definition) is 1. The Balaban J connectivity index is 2.51. The molecule has 1 aromatic carbocycles. The van der Waals surface area contributed by atoms with E-state index in [2.05, 4.69) is 12.1 Å². The van der Waals surface area contributed by atoms with Crippen molar-refractivity contribution < 1.29 is 4.74 Å². The minimum Gasteiger partial charge on any atom is -0.496 e. The van der Waals surface area contributed by atoms with Crippen LogP contribution in [0.15, 0.2) is 12.1 Å². The van der Waals surface area contributed by atoms with Gasteiger partial charge in [-0.2, -0.15) is 0 Å². The maximum atomic E-state index is 5.12. The van der Waals surface area contributed by atoms with E-state index < -0.39 is 0 Å². The SMILES string of the molecule is COc1[c]ccc2c1CC2. The van der Waals surface area contributed by atoms with Crippen molar-refractivity contribution >= 4 is 0 Å². The van der Waals surface area contributed by atoms with E-state index in [1.54, 1.807) is 7.11 Å². The summed E-state index contributed by atoms with van der Waals surface area (Å²) in [5, 5.41) is 0. The zero-order chi connectivity index (χ0) is 6.97. The maximum absolute atomic E-state index is 5.12. The van der Waals surface area contributed by atoms with Gasteiger partial charge < -0.3 is 4.74 Å². The van der Waals surface area contributed by atoms with E-state index in [1.807, 2.05) is 6.07 Å². The van der Waals surface area contributed by atoms with Gasteiger partial charge in [0.1, 0.15) is 5.75 Å². The fraction of sp³-hybridized carbons (Fsp3) is 0.333. The largest absolute Gasteiger partial charge is 0.496 e. The third-order valence-corrected chi connectivity index (χ3v) is 2.01. The summed E-state index contributed by atoms with van der Waals surface area (Å²) in [6.07, 6.45) is 2.37. The van der Waals surface area contributed by atoms with Gasteiger partial charge in [0, 0.05) is 6.07 Å². The van der Waals surface area contributed by atoms with Crippen molar-refractivity contribution in [3.05, 3.63) is 29.3 Å². The molecule has 1 nitrogen and oxygen atoms in total. The molecule has 0 aliphatic heterocycles. The zero-order valence-electron chi connectivity index (χ0n) is 5.98. The van der Waals surface area contributed by atoms with E-state index in [0.717, 1.165) is 12.2 Å². The molecule has 0 saturated heterocycles. The van der Waals surface area contributed by atoms with Crippen LogP contribution in [0.3, 0.4) is 0 Å². The fourth-order valence-corrected chi connectivity index (χ4v) is 1.32. The lowest BCUT2D eigenvalue weighted by Crippen LogP contribution is -2.09. The third kappa shape index (κ3) is 0.635. The molecule has 1 aliphatic carbocycles. The number of rotatable bonds is 1. The van der Waals surface area contributed by atoms with Gasteiger partial charge in [-0.25, -0.2) is 0 Å². The van der Waals surface area contributed by atoms with Gasteiger partial charge in [-0.05, 0) is 24.0 Å². The second-order valence-electron chi connectivity index (χ2n) is 2.51. The van der Waals surface area contributed by atoms with Gasteiger partial charge in [0.25, 0.3) is 0 Å². The molecule has 10 heavy (non-hydrogen) atoms. The number of benzene rings is 1. The van der Waals surface area contributed by atoms with Crippen molar-refractivity contribution in [1.29, 1.82) is 0 Å². The van der Waals surface area contributed by atoms with Crippen LogP contribution in [0.25, 0.3) is 0 Å². The van der Waals surface area contributed by atoms with Crippen molar-refractivity contribution in [3.8, 4) is 5.75 Å². The highest BCUT2D eigenvalue weighted by Crippen LogP contribution is 2.30. The molecular formula is C9H9O. The first-order valence-electron chi connectivity index (χ1n) is 3.48. The first kappa shape index (κ1) is 5.78. The summed E-state index contributed by atoms with van der Waals surface area (Å²) in [5.41, 5.74) is 2.78. The number of methoxy groups -OCH3 is 1. The highest BCUT2D eigenvalue weighted by molar-refractivity contribution is 5.45. The summed E-state index contributed by atoms with van der Waals surface area (Å²) in [6.45, 7) is 0. The Morgan fingerprint density at radius 2 is 2.40 bits per heavy atom. The van der Waals surface area contributed by atoms with Crippen LogP contribution in [-0.4, -0.2) is 7.11 Å². The van der Waals surface area contributed by atoms with Gasteiger partial charge in [-0.1, -0.05) is 12.1 Å². The van der Waals surface area contributed by atoms with Crippen LogP contribution < -0.4 is 4.74 Å². The molecule has 0 aromatic heterocycles. The molecule has 0 N–H and O–H groups in total. The number of hydrogen-bond donors (Lipinski definition) is 0. The zero-order valence-corrected chi connectivity index (χ0v) is 5.98. The van der Waals surface area contributed by atoms with Crippen molar-refractivity contribution in [1.82, 2.24) is 0 Å². The average molecular weight is 133 g/mol. The lowest BCUT2D eigenvalue weighted by atomic mass is 9.88. The summed E-state index contributed by atoms with van der Waals surface area (Å²) in [6, 6.07) is 7.10. The molecular weight excluding hydrogens is 124 g/mol. The molecule has 0 bridgehead atoms. The van der Waals surface area contributed by atoms with Crippen LogP contribution in [-0.2, 0) is 12.8 Å². The normalized spacial score (nSPS) is 13.7. The summed E-state index contributed by atoms with van der Waals surface area (Å²) < 4.78 is 5.12. The monoisotopic (exact) mass is 133 g/mol. The highest BCUT2D eigenvalue weighted by atomic mass is 16.5. The smallest absolute Gasteiger partial charge is 0.130 e. The molecule has 0 saturated carbocycles. The minimum atomic E-state index is 0.934. The molecule has 0 amide bonds. The molecule has 0 fully saturated rings. The number of aryl methyl sites for hydroxylation is 1. The summed E-state index contributed by atoms with van der Waals surface area (Å²) >= 11 is 0. The van der Waals surface area contributed by atoms with Crippen LogP contribution >= 0.6 is 0 Å². The minimum absolute atomic E-state index is 0.934. The molecule has 0 unspecified atom stereocenters. The highest BCUT2D eigenvalue weighted by Gasteiger charge is 2.16. The maximum Gasteiger partial charge on any atom is 0.130 e. The quantitative estimate of drug-likeness (QED) is 0.565. The Kier molecular flexibility index (Phi) is 1.16. The van der Waals surface area contributed by atoms with E-state index in [4.69, 9.17) is 4.74 Å². The number of ether oxygens (including phenoxy) is 1. The lowest BCUT2D eigenvalue weighted by Gasteiger charge is -2.20. The Labute approximate surface area is 60.6 Å². The van der Waals surface area contributed by atoms with Crippen molar-refractivity contribution in [2.45, 2.75) is 12.8 Å². The molecule has 1 aromatic rings. The van der Waals surface area contributed by atoms with E-state index in [1.165, 1.54) is 17.5 Å². The van der Waals surface area contributed by atoms with Crippen molar-refractivity contribution in [2.75, 3.05) is 7.11 Å². The summed E-state index contributed by atoms with van der Waals surface area (Å²) in [5.74, 6) is 0.934. The van der Waals surface area contributed by atoms with E-state index >= 15 is 0 Å². The van der Waals surface area contributed by atoms with Crippen LogP contribution in [0.4, 0.5) is 0 Å². The molecule has 1 heteroatoms. The van der Waals surface area contributed by atoms with Crippen LogP contribution in [0.5, 0.6) is 5.75 Å². The van der Waals surface area contributed by atoms with Crippen LogP contribution in [0.1, 0.15) is 11.1 Å². The molecule has 0 spiro atoms. The first-order valence-corrected chi connectivity index (χ1v) is 3.48. The van der Waals surface area contributed by atoms with E-state index in [-0.39, 0.29) is 0 Å². The Hall–Kier alpha value is -0.980. The van der Waals surface area contributed by atoms with Crippen molar-refractivity contribution in [3.63, 3.8) is 0 Å². The molecule has 51 valence electrons. The van der Waals surface area contributed by atoms with E-state index in [9.17, 15) is 0 Å². The van der Waals surface area contributed by atoms with Gasteiger partial charge >= 0.3 is 0 Å². The Morgan fingerprint density at radius 3 is 2.90 bits per heavy atom. The second-order valence-corrected chi connectivity index (χ2v) is 2.51. The lowest BCUT2D eigenvalue weighted by molar-refractivity contribution is 0.404. The topological polar surface area (TPSA) is 9.23 Å². The van der Waals surface area contributed by atoms with Crippen LogP contribution in [0.2, 0.25) is 0 Å². The molecule has 0 heterocycles. The third-order valence-electron chi connectivity index (χ3n) is 2.01. The fourth-order valence-electron chi connectivity index (χ4n) is 1.32. The number of fused-ring (bicyclic) bond motifs is 1. The molecule has 0 atom stereocenters. The van der Waals surface area contributed by atoms with E-state index in [0.29, 0.717) is 0 Å². The van der Waals surface area contributed by atoms with Crippen LogP contribution in [0, 0.1) is 6.07 Å². The second kappa shape index (κ2) is 2.01. The summed E-state index contributed by atoms with van der Waals surface area (Å²) in [4.78, 5) is 0. The Morgan fingerprint density at radius 1 is 1.50 bits per heavy atom.